The van der Waals surface area contributed by atoms with E-state index < -0.39 is 11.9 Å². The van der Waals surface area contributed by atoms with E-state index in [1.165, 1.54) is 16.7 Å². The van der Waals surface area contributed by atoms with E-state index >= 15 is 0 Å². The van der Waals surface area contributed by atoms with Gasteiger partial charge in [-0.2, -0.15) is 4.99 Å². The standard InChI is InChI=1S/C31H24N4O5/c1-2-39-31(38)25-18-24-28(32-26-14-5-6-15-34(26)30(24)37)35(19-22-12-8-16-40-22)29(25)33-27(36)17-21-11-7-10-20-9-3-4-13-23(20)21/h3-16,18H,2,17,19H2,1H3. The molecule has 0 radical (unpaired) electrons. The van der Waals surface area contributed by atoms with Crippen molar-refractivity contribution in [1.82, 2.24) is 14.0 Å². The Balaban J connectivity index is 1.62. The van der Waals surface area contributed by atoms with E-state index in [9.17, 15) is 14.4 Å². The van der Waals surface area contributed by atoms with Gasteiger partial charge in [0.15, 0.2) is 5.49 Å². The highest BCUT2D eigenvalue weighted by atomic mass is 16.5. The number of aromatic nitrogens is 3. The predicted molar refractivity (Wildman–Crippen MR) is 149 cm³/mol. The molecule has 0 saturated carbocycles. The topological polar surface area (TPSA) is 108 Å². The molecule has 2 aromatic carbocycles. The van der Waals surface area contributed by atoms with Gasteiger partial charge in [-0.05, 0) is 53.6 Å². The Kier molecular flexibility index (Phi) is 6.53. The maximum atomic E-state index is 13.5. The van der Waals surface area contributed by atoms with Crippen LogP contribution in [0, 0.1) is 0 Å². The molecule has 6 rings (SSSR count). The zero-order valence-corrected chi connectivity index (χ0v) is 21.6. The molecular formula is C31H24N4O5. The molecule has 0 fully saturated rings. The van der Waals surface area contributed by atoms with Crippen LogP contribution in [0.15, 0.2) is 106 Å². The minimum Gasteiger partial charge on any atom is -0.467 e. The normalized spacial score (nSPS) is 11.9. The first kappa shape index (κ1) is 25.0. The number of fused-ring (bicyclic) bond motifs is 3. The number of furan rings is 1. The molecule has 1 amide bonds. The number of benzene rings is 2. The third-order valence-corrected chi connectivity index (χ3v) is 6.63. The Morgan fingerprint density at radius 2 is 1.80 bits per heavy atom. The number of carbonyl (C=O) groups is 2. The molecule has 0 spiro atoms. The summed E-state index contributed by atoms with van der Waals surface area (Å²) in [5.41, 5.74) is 1.14. The molecule has 6 aromatic rings. The fourth-order valence-corrected chi connectivity index (χ4v) is 4.83. The van der Waals surface area contributed by atoms with Crippen LogP contribution in [0.2, 0.25) is 0 Å². The van der Waals surface area contributed by atoms with Crippen LogP contribution in [0.4, 0.5) is 0 Å². The first-order valence-electron chi connectivity index (χ1n) is 12.8. The summed E-state index contributed by atoms with van der Waals surface area (Å²) >= 11 is 0. The quantitative estimate of drug-likeness (QED) is 0.234. The highest BCUT2D eigenvalue weighted by molar-refractivity contribution is 5.94. The number of hydrogen-bond donors (Lipinski definition) is 0. The fraction of sp³-hybridized carbons (Fsp3) is 0.129. The molecule has 0 aliphatic heterocycles. The molecule has 4 heterocycles. The Morgan fingerprint density at radius 1 is 0.975 bits per heavy atom. The van der Waals surface area contributed by atoms with Crippen molar-refractivity contribution in [3.63, 3.8) is 0 Å². The van der Waals surface area contributed by atoms with Gasteiger partial charge >= 0.3 is 5.97 Å². The van der Waals surface area contributed by atoms with Crippen molar-refractivity contribution in [2.45, 2.75) is 19.9 Å². The van der Waals surface area contributed by atoms with Gasteiger partial charge in [0.05, 0.1) is 31.2 Å². The monoisotopic (exact) mass is 532 g/mol. The summed E-state index contributed by atoms with van der Waals surface area (Å²) in [6, 6.07) is 23.6. The van der Waals surface area contributed by atoms with Gasteiger partial charge in [0.25, 0.3) is 11.5 Å². The summed E-state index contributed by atoms with van der Waals surface area (Å²) in [5.74, 6) is -0.640. The molecular weight excluding hydrogens is 508 g/mol. The highest BCUT2D eigenvalue weighted by Gasteiger charge is 2.21. The largest absolute Gasteiger partial charge is 0.467 e. The van der Waals surface area contributed by atoms with Crippen LogP contribution in [-0.2, 0) is 22.5 Å². The van der Waals surface area contributed by atoms with E-state index in [1.807, 2.05) is 42.5 Å². The van der Waals surface area contributed by atoms with Crippen LogP contribution in [0.25, 0.3) is 27.5 Å². The van der Waals surface area contributed by atoms with Crippen LogP contribution in [0.3, 0.4) is 0 Å². The molecule has 0 unspecified atom stereocenters. The van der Waals surface area contributed by atoms with Gasteiger partial charge in [-0.1, -0.05) is 48.5 Å². The van der Waals surface area contributed by atoms with Crippen LogP contribution in [0.1, 0.15) is 28.6 Å². The first-order chi connectivity index (χ1) is 19.5. The third-order valence-electron chi connectivity index (χ3n) is 6.63. The van der Waals surface area contributed by atoms with E-state index in [0.29, 0.717) is 11.4 Å². The number of ether oxygens (including phenoxy) is 1. The maximum absolute atomic E-state index is 13.5. The average Bonchev–Trinajstić information content (AvgIpc) is 3.48. The zero-order valence-electron chi connectivity index (χ0n) is 21.6. The molecule has 198 valence electrons. The molecule has 40 heavy (non-hydrogen) atoms. The van der Waals surface area contributed by atoms with Crippen molar-refractivity contribution in [3.8, 4) is 0 Å². The lowest BCUT2D eigenvalue weighted by Gasteiger charge is -2.14. The van der Waals surface area contributed by atoms with Gasteiger partial charge in [-0.3, -0.25) is 14.0 Å². The molecule has 0 aliphatic rings. The van der Waals surface area contributed by atoms with E-state index in [2.05, 4.69) is 4.99 Å². The molecule has 0 N–H and O–H groups in total. The Hall–Kier alpha value is -5.31. The number of rotatable bonds is 6. The molecule has 0 aliphatic carbocycles. The molecule has 0 saturated heterocycles. The van der Waals surface area contributed by atoms with Gasteiger partial charge in [0, 0.05) is 6.20 Å². The summed E-state index contributed by atoms with van der Waals surface area (Å²) in [7, 11) is 0. The Bertz CT molecular complexity index is 2030. The average molecular weight is 533 g/mol. The second kappa shape index (κ2) is 10.5. The summed E-state index contributed by atoms with van der Waals surface area (Å²) in [5, 5.41) is 2.14. The minimum absolute atomic E-state index is 0.0101. The zero-order chi connectivity index (χ0) is 27.6. The third kappa shape index (κ3) is 4.58. The number of nitrogens with zero attached hydrogens (tertiary/aromatic N) is 4. The van der Waals surface area contributed by atoms with Crippen molar-refractivity contribution in [1.29, 1.82) is 0 Å². The van der Waals surface area contributed by atoms with Gasteiger partial charge in [0.1, 0.15) is 22.6 Å². The number of carbonyl (C=O) groups excluding carboxylic acids is 2. The van der Waals surface area contributed by atoms with Gasteiger partial charge in [-0.25, -0.2) is 9.78 Å². The van der Waals surface area contributed by atoms with Crippen LogP contribution in [-0.4, -0.2) is 32.4 Å². The number of esters is 1. The summed E-state index contributed by atoms with van der Waals surface area (Å²) < 4.78 is 13.9. The maximum Gasteiger partial charge on any atom is 0.341 e. The lowest BCUT2D eigenvalue weighted by Crippen LogP contribution is -2.33. The number of amides is 1. The van der Waals surface area contributed by atoms with Crippen LogP contribution < -0.4 is 11.0 Å². The van der Waals surface area contributed by atoms with Crippen LogP contribution >= 0.6 is 0 Å². The van der Waals surface area contributed by atoms with Gasteiger partial charge in [0.2, 0.25) is 0 Å². The number of hydrogen-bond acceptors (Lipinski definition) is 6. The lowest BCUT2D eigenvalue weighted by atomic mass is 10.0. The van der Waals surface area contributed by atoms with E-state index in [-0.39, 0.29) is 47.2 Å². The van der Waals surface area contributed by atoms with Crippen molar-refractivity contribution >= 4 is 39.3 Å². The van der Waals surface area contributed by atoms with E-state index in [4.69, 9.17) is 14.1 Å². The smallest absolute Gasteiger partial charge is 0.341 e. The fourth-order valence-electron chi connectivity index (χ4n) is 4.83. The molecule has 9 nitrogen and oxygen atoms in total. The van der Waals surface area contributed by atoms with E-state index in [1.54, 1.807) is 48.0 Å². The van der Waals surface area contributed by atoms with Crippen LogP contribution in [0.5, 0.6) is 0 Å². The Morgan fingerprint density at radius 3 is 2.62 bits per heavy atom. The highest BCUT2D eigenvalue weighted by Crippen LogP contribution is 2.19. The summed E-state index contributed by atoms with van der Waals surface area (Å²) in [6.45, 7) is 1.86. The van der Waals surface area contributed by atoms with Crippen molar-refractivity contribution in [2.75, 3.05) is 6.61 Å². The molecule has 0 bridgehead atoms. The number of pyridine rings is 2. The Labute approximate surface area is 227 Å². The van der Waals surface area contributed by atoms with Crippen molar-refractivity contribution in [3.05, 3.63) is 124 Å². The lowest BCUT2D eigenvalue weighted by molar-refractivity contribution is -0.117. The first-order valence-corrected chi connectivity index (χ1v) is 12.8. The second-order valence-electron chi connectivity index (χ2n) is 9.17. The van der Waals surface area contributed by atoms with Crippen molar-refractivity contribution < 1.29 is 18.7 Å². The minimum atomic E-state index is -0.702. The SMILES string of the molecule is CCOC(=O)c1cc2c(=O)n3ccccc3nc2n(Cc2ccco2)c1=NC(=O)Cc1cccc2ccccc12. The second-order valence-corrected chi connectivity index (χ2v) is 9.17. The molecule has 0 atom stereocenters. The molecule has 9 heteroatoms. The van der Waals surface area contributed by atoms with E-state index in [0.717, 1.165) is 16.3 Å². The molecule has 4 aromatic heterocycles. The van der Waals surface area contributed by atoms with Gasteiger partial charge in [-0.15, -0.1) is 0 Å². The van der Waals surface area contributed by atoms with Gasteiger partial charge < -0.3 is 13.7 Å². The van der Waals surface area contributed by atoms with Crippen molar-refractivity contribution in [2.24, 2.45) is 4.99 Å². The summed E-state index contributed by atoms with van der Waals surface area (Å²) in [6.07, 6.45) is 3.14. The summed E-state index contributed by atoms with van der Waals surface area (Å²) in [4.78, 5) is 49.3. The predicted octanol–water partition coefficient (Wildman–Crippen LogP) is 4.29.